The number of methoxy groups -OCH3 is 1. The van der Waals surface area contributed by atoms with E-state index >= 15 is 0 Å². The van der Waals surface area contributed by atoms with Crippen LogP contribution in [0.4, 0.5) is 8.78 Å². The minimum absolute atomic E-state index is 0.151. The number of rotatable bonds is 8. The Kier molecular flexibility index (Phi) is 6.19. The van der Waals surface area contributed by atoms with Gasteiger partial charge in [0.15, 0.2) is 21.5 Å². The Morgan fingerprint density at radius 3 is 2.48 bits per heavy atom. The summed E-state index contributed by atoms with van der Waals surface area (Å²) < 4.78 is 60.3. The summed E-state index contributed by atoms with van der Waals surface area (Å²) in [6.07, 6.45) is 0. The molecule has 0 aliphatic carbocycles. The third-order valence-corrected chi connectivity index (χ3v) is 4.18. The first kappa shape index (κ1) is 17.5. The summed E-state index contributed by atoms with van der Waals surface area (Å²) in [5.41, 5.74) is -0.646. The largest absolute Gasteiger partial charge is 0.478 e. The van der Waals surface area contributed by atoms with Crippen LogP contribution in [0.2, 0.25) is 0 Å². The van der Waals surface area contributed by atoms with Gasteiger partial charge in [-0.3, -0.25) is 0 Å². The Morgan fingerprint density at radius 2 is 1.90 bits per heavy atom. The van der Waals surface area contributed by atoms with Gasteiger partial charge in [-0.2, -0.15) is 0 Å². The molecule has 1 aromatic rings. The van der Waals surface area contributed by atoms with E-state index in [0.717, 1.165) is 0 Å². The van der Waals surface area contributed by atoms with E-state index in [2.05, 4.69) is 4.74 Å². The molecule has 6 nitrogen and oxygen atoms in total. The molecule has 0 heterocycles. The topological polar surface area (TPSA) is 89.9 Å². The second-order valence-corrected chi connectivity index (χ2v) is 6.08. The average molecular weight is 324 g/mol. The number of carbonyl (C=O) groups is 1. The third-order valence-electron chi connectivity index (χ3n) is 2.51. The number of halogens is 2. The summed E-state index contributed by atoms with van der Waals surface area (Å²) >= 11 is 0. The highest BCUT2D eigenvalue weighted by molar-refractivity contribution is 7.91. The highest BCUT2D eigenvalue weighted by atomic mass is 32.2. The molecule has 0 amide bonds. The molecular weight excluding hydrogens is 310 g/mol. The van der Waals surface area contributed by atoms with E-state index < -0.39 is 43.7 Å². The monoisotopic (exact) mass is 324 g/mol. The molecule has 0 atom stereocenters. The minimum atomic E-state index is -4.20. The lowest BCUT2D eigenvalue weighted by Crippen LogP contribution is -2.17. The summed E-state index contributed by atoms with van der Waals surface area (Å²) in [7, 11) is -2.76. The fourth-order valence-electron chi connectivity index (χ4n) is 1.44. The van der Waals surface area contributed by atoms with Crippen LogP contribution in [0.25, 0.3) is 0 Å². The quantitative estimate of drug-likeness (QED) is 0.720. The number of sulfone groups is 1. The van der Waals surface area contributed by atoms with E-state index in [-0.39, 0.29) is 19.8 Å². The summed E-state index contributed by atoms with van der Waals surface area (Å²) in [5, 5.41) is 8.74. The maximum absolute atomic E-state index is 13.6. The van der Waals surface area contributed by atoms with Gasteiger partial charge < -0.3 is 14.6 Å². The van der Waals surface area contributed by atoms with Crippen molar-refractivity contribution in [2.45, 2.75) is 4.90 Å². The smallest absolute Gasteiger partial charge is 0.335 e. The molecule has 0 fully saturated rings. The maximum Gasteiger partial charge on any atom is 0.335 e. The first-order valence-corrected chi connectivity index (χ1v) is 7.46. The molecular formula is C12H14F2O6S. The Balaban J connectivity index is 2.94. The first-order chi connectivity index (χ1) is 9.79. The van der Waals surface area contributed by atoms with Crippen molar-refractivity contribution in [2.75, 3.05) is 32.7 Å². The lowest BCUT2D eigenvalue weighted by Gasteiger charge is -2.08. The van der Waals surface area contributed by atoms with Crippen LogP contribution in [-0.4, -0.2) is 52.2 Å². The van der Waals surface area contributed by atoms with Gasteiger partial charge in [-0.1, -0.05) is 0 Å². The second kappa shape index (κ2) is 7.43. The lowest BCUT2D eigenvalue weighted by molar-refractivity contribution is 0.0696. The molecule has 0 aliphatic rings. The van der Waals surface area contributed by atoms with Crippen molar-refractivity contribution in [3.05, 3.63) is 29.3 Å². The molecule has 9 heteroatoms. The number of aromatic carboxylic acids is 1. The zero-order valence-corrected chi connectivity index (χ0v) is 12.0. The molecule has 118 valence electrons. The van der Waals surface area contributed by atoms with Crippen molar-refractivity contribution in [1.29, 1.82) is 0 Å². The molecule has 1 N–H and O–H groups in total. The molecule has 0 radical (unpaired) electrons. The highest BCUT2D eigenvalue weighted by Crippen LogP contribution is 2.21. The maximum atomic E-state index is 13.6. The molecule has 1 aromatic carbocycles. The fraction of sp³-hybridized carbons (Fsp3) is 0.417. The Hall–Kier alpha value is -1.58. The first-order valence-electron chi connectivity index (χ1n) is 5.81. The van der Waals surface area contributed by atoms with Crippen LogP contribution >= 0.6 is 0 Å². The Labute approximate surface area is 120 Å². The van der Waals surface area contributed by atoms with Crippen LogP contribution in [0.3, 0.4) is 0 Å². The van der Waals surface area contributed by atoms with Gasteiger partial charge in [-0.25, -0.2) is 22.0 Å². The number of hydrogen-bond acceptors (Lipinski definition) is 5. The van der Waals surface area contributed by atoms with Gasteiger partial charge in [0.2, 0.25) is 0 Å². The van der Waals surface area contributed by atoms with Crippen molar-refractivity contribution in [1.82, 2.24) is 0 Å². The third kappa shape index (κ3) is 4.73. The molecule has 0 saturated heterocycles. The van der Waals surface area contributed by atoms with Gasteiger partial charge in [0.25, 0.3) is 0 Å². The summed E-state index contributed by atoms with van der Waals surface area (Å²) in [5.74, 6) is -5.29. The summed E-state index contributed by atoms with van der Waals surface area (Å²) in [4.78, 5) is 9.76. The summed E-state index contributed by atoms with van der Waals surface area (Å²) in [6, 6.07) is 1.01. The zero-order valence-electron chi connectivity index (χ0n) is 11.1. The van der Waals surface area contributed by atoms with Crippen molar-refractivity contribution in [3.63, 3.8) is 0 Å². The SMILES string of the molecule is COCCOCCS(=O)(=O)c1cc(C(=O)O)cc(F)c1F. The van der Waals surface area contributed by atoms with E-state index in [1.165, 1.54) is 7.11 Å². The van der Waals surface area contributed by atoms with Gasteiger partial charge in [0.1, 0.15) is 4.90 Å². The molecule has 0 spiro atoms. The van der Waals surface area contributed by atoms with E-state index in [4.69, 9.17) is 9.84 Å². The predicted molar refractivity (Wildman–Crippen MR) is 68.1 cm³/mol. The van der Waals surface area contributed by atoms with Crippen LogP contribution in [0.15, 0.2) is 17.0 Å². The zero-order chi connectivity index (χ0) is 16.0. The number of benzene rings is 1. The van der Waals surface area contributed by atoms with Crippen molar-refractivity contribution in [2.24, 2.45) is 0 Å². The van der Waals surface area contributed by atoms with Gasteiger partial charge in [0, 0.05) is 7.11 Å². The van der Waals surface area contributed by atoms with Crippen LogP contribution in [0.1, 0.15) is 10.4 Å². The van der Waals surface area contributed by atoms with Crippen LogP contribution in [0, 0.1) is 11.6 Å². The van der Waals surface area contributed by atoms with E-state index in [1.54, 1.807) is 0 Å². The second-order valence-electron chi connectivity index (χ2n) is 4.00. The van der Waals surface area contributed by atoms with Gasteiger partial charge in [-0.15, -0.1) is 0 Å². The lowest BCUT2D eigenvalue weighted by atomic mass is 10.2. The number of hydrogen-bond donors (Lipinski definition) is 1. The average Bonchev–Trinajstić information content (AvgIpc) is 2.40. The van der Waals surface area contributed by atoms with Crippen LogP contribution in [0.5, 0.6) is 0 Å². The van der Waals surface area contributed by atoms with Crippen molar-refractivity contribution >= 4 is 15.8 Å². The van der Waals surface area contributed by atoms with E-state index in [1.807, 2.05) is 0 Å². The molecule has 0 aliphatic heterocycles. The number of carboxylic acids is 1. The van der Waals surface area contributed by atoms with Gasteiger partial charge in [0.05, 0.1) is 31.1 Å². The Bertz CT molecular complexity index is 614. The highest BCUT2D eigenvalue weighted by Gasteiger charge is 2.24. The van der Waals surface area contributed by atoms with Gasteiger partial charge in [-0.05, 0) is 12.1 Å². The number of carboxylic acid groups (broad SMARTS) is 1. The van der Waals surface area contributed by atoms with E-state index in [9.17, 15) is 22.0 Å². The molecule has 0 saturated carbocycles. The Morgan fingerprint density at radius 1 is 1.24 bits per heavy atom. The van der Waals surface area contributed by atoms with Crippen LogP contribution < -0.4 is 0 Å². The van der Waals surface area contributed by atoms with Crippen LogP contribution in [-0.2, 0) is 19.3 Å². The summed E-state index contributed by atoms with van der Waals surface area (Å²) in [6.45, 7) is 0.166. The molecule has 0 bridgehead atoms. The fourth-order valence-corrected chi connectivity index (χ4v) is 2.67. The minimum Gasteiger partial charge on any atom is -0.478 e. The van der Waals surface area contributed by atoms with Crippen molar-refractivity contribution < 1.29 is 36.6 Å². The van der Waals surface area contributed by atoms with Gasteiger partial charge >= 0.3 is 5.97 Å². The predicted octanol–water partition coefficient (Wildman–Crippen LogP) is 1.10. The molecule has 0 aromatic heterocycles. The molecule has 21 heavy (non-hydrogen) atoms. The molecule has 1 rings (SSSR count). The van der Waals surface area contributed by atoms with Crippen molar-refractivity contribution in [3.8, 4) is 0 Å². The van der Waals surface area contributed by atoms with E-state index in [0.29, 0.717) is 12.1 Å². The number of ether oxygens (including phenoxy) is 2. The molecule has 0 unspecified atom stereocenters. The normalized spacial score (nSPS) is 11.6. The standard InChI is InChI=1S/C12H14F2O6S/c1-19-2-3-20-4-5-21(17,18)10-7-8(12(15)16)6-9(13)11(10)14/h6-7H,2-5H2,1H3,(H,15,16).